The predicted octanol–water partition coefficient (Wildman–Crippen LogP) is 1.71. The van der Waals surface area contributed by atoms with Crippen molar-refractivity contribution in [2.24, 2.45) is 0 Å². The van der Waals surface area contributed by atoms with Gasteiger partial charge in [0.2, 0.25) is 0 Å². The van der Waals surface area contributed by atoms with Gasteiger partial charge in [-0.3, -0.25) is 0 Å². The molecule has 0 saturated carbocycles. The van der Waals surface area contributed by atoms with Crippen LogP contribution in [0.4, 0.5) is 0 Å². The van der Waals surface area contributed by atoms with Gasteiger partial charge in [0.05, 0.1) is 12.2 Å². The Bertz CT molecular complexity index is 358. The number of hydrogen-bond donors (Lipinski definition) is 2. The molecule has 2 N–H and O–H groups in total. The molecule has 88 valence electrons. The van der Waals surface area contributed by atoms with Crippen LogP contribution in [-0.2, 0) is 11.3 Å². The lowest BCUT2D eigenvalue weighted by Gasteiger charge is -2.22. The fourth-order valence-electron chi connectivity index (χ4n) is 1.73. The lowest BCUT2D eigenvalue weighted by atomic mass is 10.1. The van der Waals surface area contributed by atoms with Crippen molar-refractivity contribution in [2.75, 3.05) is 13.2 Å². The van der Waals surface area contributed by atoms with Gasteiger partial charge in [0.1, 0.15) is 0 Å². The highest BCUT2D eigenvalue weighted by Gasteiger charge is 2.13. The molecule has 0 bridgehead atoms. The van der Waals surface area contributed by atoms with Gasteiger partial charge >= 0.3 is 5.97 Å². The molecule has 0 aromatic carbocycles. The molecule has 5 heteroatoms. The number of nitrogens with one attached hydrogen (secondary N) is 1. The summed E-state index contributed by atoms with van der Waals surface area (Å²) in [6, 6.07) is 2.13. The summed E-state index contributed by atoms with van der Waals surface area (Å²) in [7, 11) is 0. The van der Waals surface area contributed by atoms with Crippen molar-refractivity contribution in [3.05, 3.63) is 21.9 Å². The van der Waals surface area contributed by atoms with Gasteiger partial charge in [0, 0.05) is 29.5 Å². The number of carboxylic acid groups (broad SMARTS) is 1. The minimum Gasteiger partial charge on any atom is -0.478 e. The van der Waals surface area contributed by atoms with Crippen LogP contribution in [0, 0.1) is 0 Å². The van der Waals surface area contributed by atoms with Crippen LogP contribution >= 0.6 is 11.3 Å². The smallest absolute Gasteiger partial charge is 0.336 e. The molecule has 1 fully saturated rings. The third-order valence-electron chi connectivity index (χ3n) is 2.63. The van der Waals surface area contributed by atoms with Gasteiger partial charge in [0.25, 0.3) is 0 Å². The van der Waals surface area contributed by atoms with Crippen molar-refractivity contribution in [1.29, 1.82) is 0 Å². The summed E-state index contributed by atoms with van der Waals surface area (Å²) in [5, 5.41) is 13.8. The molecule has 0 aliphatic carbocycles. The molecule has 1 aromatic heterocycles. The molecule has 16 heavy (non-hydrogen) atoms. The lowest BCUT2D eigenvalue weighted by Crippen LogP contribution is -2.36. The Balaban J connectivity index is 1.81. The van der Waals surface area contributed by atoms with Crippen LogP contribution in [0.5, 0.6) is 0 Å². The van der Waals surface area contributed by atoms with Gasteiger partial charge in [-0.15, -0.1) is 11.3 Å². The van der Waals surface area contributed by atoms with Gasteiger partial charge < -0.3 is 15.2 Å². The Morgan fingerprint density at radius 3 is 3.19 bits per heavy atom. The van der Waals surface area contributed by atoms with E-state index < -0.39 is 5.97 Å². The van der Waals surface area contributed by atoms with Crippen LogP contribution in [0.2, 0.25) is 0 Å². The van der Waals surface area contributed by atoms with Crippen LogP contribution < -0.4 is 5.32 Å². The highest BCUT2D eigenvalue weighted by molar-refractivity contribution is 7.10. The Morgan fingerprint density at radius 2 is 2.56 bits per heavy atom. The molecule has 1 unspecified atom stereocenters. The average molecular weight is 241 g/mol. The summed E-state index contributed by atoms with van der Waals surface area (Å²) in [5.41, 5.74) is 0.377. The van der Waals surface area contributed by atoms with Crippen molar-refractivity contribution in [2.45, 2.75) is 25.4 Å². The summed E-state index contributed by atoms with van der Waals surface area (Å²) >= 11 is 1.48. The van der Waals surface area contributed by atoms with Crippen molar-refractivity contribution >= 4 is 17.3 Å². The molecule has 0 spiro atoms. The molecule has 0 amide bonds. The lowest BCUT2D eigenvalue weighted by molar-refractivity contribution is 0.0693. The normalized spacial score (nSPS) is 20.9. The quantitative estimate of drug-likeness (QED) is 0.842. The zero-order chi connectivity index (χ0) is 11.4. The minimum absolute atomic E-state index is 0.377. The first-order valence-electron chi connectivity index (χ1n) is 5.37. The maximum atomic E-state index is 10.7. The van der Waals surface area contributed by atoms with Crippen LogP contribution in [-0.4, -0.2) is 30.3 Å². The largest absolute Gasteiger partial charge is 0.478 e. The van der Waals surface area contributed by atoms with Gasteiger partial charge in [0.15, 0.2) is 0 Å². The van der Waals surface area contributed by atoms with Crippen LogP contribution in [0.1, 0.15) is 28.1 Å². The van der Waals surface area contributed by atoms with E-state index in [-0.39, 0.29) is 0 Å². The maximum absolute atomic E-state index is 10.7. The first-order valence-corrected chi connectivity index (χ1v) is 6.25. The molecule has 1 aliphatic heterocycles. The SMILES string of the molecule is O=C(O)c1csc(CNC2CCCOC2)c1. The zero-order valence-electron chi connectivity index (χ0n) is 8.94. The first kappa shape index (κ1) is 11.6. The van der Waals surface area contributed by atoms with E-state index in [0.29, 0.717) is 11.6 Å². The standard InChI is InChI=1S/C11H15NO3S/c13-11(14)8-4-10(16-7-8)5-12-9-2-1-3-15-6-9/h4,7,9,12H,1-3,5-6H2,(H,13,14). The van der Waals surface area contributed by atoms with E-state index in [1.54, 1.807) is 11.4 Å². The molecule has 1 atom stereocenters. The van der Waals surface area contributed by atoms with E-state index in [9.17, 15) is 4.79 Å². The maximum Gasteiger partial charge on any atom is 0.336 e. The summed E-state index contributed by atoms with van der Waals surface area (Å²) in [5.74, 6) is -0.858. The number of ether oxygens (including phenoxy) is 1. The molecule has 2 rings (SSSR count). The minimum atomic E-state index is -0.858. The Hall–Kier alpha value is -0.910. The Kier molecular flexibility index (Phi) is 3.93. The number of hydrogen-bond acceptors (Lipinski definition) is 4. The number of carboxylic acids is 1. The third-order valence-corrected chi connectivity index (χ3v) is 3.56. The third kappa shape index (κ3) is 3.04. The highest BCUT2D eigenvalue weighted by Crippen LogP contribution is 2.15. The van der Waals surface area contributed by atoms with Gasteiger partial charge in [-0.2, -0.15) is 0 Å². The number of thiophene rings is 1. The number of carbonyl (C=O) groups is 1. The Morgan fingerprint density at radius 1 is 1.69 bits per heavy atom. The van der Waals surface area contributed by atoms with Crippen molar-refractivity contribution in [3.63, 3.8) is 0 Å². The van der Waals surface area contributed by atoms with E-state index in [1.165, 1.54) is 11.3 Å². The fraction of sp³-hybridized carbons (Fsp3) is 0.545. The van der Waals surface area contributed by atoms with Crippen molar-refractivity contribution in [1.82, 2.24) is 5.32 Å². The van der Waals surface area contributed by atoms with E-state index in [4.69, 9.17) is 9.84 Å². The second-order valence-corrected chi connectivity index (χ2v) is 4.90. The van der Waals surface area contributed by atoms with E-state index in [0.717, 1.165) is 37.5 Å². The molecular formula is C11H15NO3S. The van der Waals surface area contributed by atoms with Gasteiger partial charge in [-0.25, -0.2) is 4.79 Å². The molecule has 1 aliphatic rings. The molecule has 1 saturated heterocycles. The summed E-state index contributed by atoms with van der Waals surface area (Å²) in [6.45, 7) is 2.35. The van der Waals surface area contributed by atoms with Crippen LogP contribution in [0.15, 0.2) is 11.4 Å². The first-order chi connectivity index (χ1) is 7.75. The van der Waals surface area contributed by atoms with Crippen molar-refractivity contribution < 1.29 is 14.6 Å². The summed E-state index contributed by atoms with van der Waals surface area (Å²) in [4.78, 5) is 11.7. The number of rotatable bonds is 4. The second kappa shape index (κ2) is 5.43. The van der Waals surface area contributed by atoms with E-state index >= 15 is 0 Å². The molecule has 4 nitrogen and oxygen atoms in total. The topological polar surface area (TPSA) is 58.6 Å². The zero-order valence-corrected chi connectivity index (χ0v) is 9.76. The highest BCUT2D eigenvalue weighted by atomic mass is 32.1. The van der Waals surface area contributed by atoms with Gasteiger partial charge in [-0.1, -0.05) is 0 Å². The van der Waals surface area contributed by atoms with E-state index in [1.807, 2.05) is 0 Å². The molecule has 0 radical (unpaired) electrons. The fourth-order valence-corrected chi connectivity index (χ4v) is 2.54. The van der Waals surface area contributed by atoms with Crippen molar-refractivity contribution in [3.8, 4) is 0 Å². The molecule has 1 aromatic rings. The number of aromatic carboxylic acids is 1. The Labute approximate surface area is 98.2 Å². The predicted molar refractivity (Wildman–Crippen MR) is 62.0 cm³/mol. The monoisotopic (exact) mass is 241 g/mol. The molecular weight excluding hydrogens is 226 g/mol. The second-order valence-electron chi connectivity index (χ2n) is 3.90. The van der Waals surface area contributed by atoms with Crippen LogP contribution in [0.3, 0.4) is 0 Å². The summed E-state index contributed by atoms with van der Waals surface area (Å²) < 4.78 is 5.36. The van der Waals surface area contributed by atoms with Crippen LogP contribution in [0.25, 0.3) is 0 Å². The van der Waals surface area contributed by atoms with E-state index in [2.05, 4.69) is 5.32 Å². The van der Waals surface area contributed by atoms with Gasteiger partial charge in [-0.05, 0) is 18.9 Å². The summed E-state index contributed by atoms with van der Waals surface area (Å²) in [6.07, 6.45) is 2.24. The average Bonchev–Trinajstić information content (AvgIpc) is 2.76. The molecule has 2 heterocycles.